The summed E-state index contributed by atoms with van der Waals surface area (Å²) in [4.78, 5) is 24.2. The third-order valence-electron chi connectivity index (χ3n) is 4.27. The zero-order valence-corrected chi connectivity index (χ0v) is 14.4. The Hall–Kier alpha value is -3.73. The molecule has 0 spiro atoms. The summed E-state index contributed by atoms with van der Waals surface area (Å²) in [7, 11) is 0. The summed E-state index contributed by atoms with van der Waals surface area (Å²) in [5.41, 5.74) is 2.25. The van der Waals surface area contributed by atoms with Crippen molar-refractivity contribution in [3.63, 3.8) is 0 Å². The Balaban J connectivity index is 1.46. The molecular formula is C22H16N2O3. The van der Waals surface area contributed by atoms with E-state index >= 15 is 0 Å². The molecule has 0 radical (unpaired) electrons. The maximum absolute atomic E-state index is 12.2. The van der Waals surface area contributed by atoms with Crippen molar-refractivity contribution in [2.45, 2.75) is 0 Å². The van der Waals surface area contributed by atoms with E-state index in [0.29, 0.717) is 11.3 Å². The molecule has 0 saturated heterocycles. The normalized spacial score (nSPS) is 10.7. The summed E-state index contributed by atoms with van der Waals surface area (Å²) >= 11 is 0. The first-order chi connectivity index (χ1) is 13.2. The number of nitrogens with one attached hydrogen (secondary N) is 1. The number of carbonyl (C=O) groups excluding carboxylic acids is 2. The molecule has 1 aromatic heterocycles. The molecule has 0 aliphatic carbocycles. The molecule has 0 bridgehead atoms. The summed E-state index contributed by atoms with van der Waals surface area (Å²) in [5, 5.41) is 9.10. The molecule has 0 aliphatic rings. The van der Waals surface area contributed by atoms with E-state index in [9.17, 15) is 9.59 Å². The Kier molecular flexibility index (Phi) is 4.49. The highest BCUT2D eigenvalue weighted by molar-refractivity contribution is 5.99. The van der Waals surface area contributed by atoms with E-state index < -0.39 is 5.97 Å². The van der Waals surface area contributed by atoms with Crippen LogP contribution in [0, 0.1) is 0 Å². The molecule has 5 nitrogen and oxygen atoms in total. The van der Waals surface area contributed by atoms with Crippen LogP contribution in [0.15, 0.2) is 78.9 Å². The van der Waals surface area contributed by atoms with E-state index in [1.807, 2.05) is 48.5 Å². The van der Waals surface area contributed by atoms with Crippen molar-refractivity contribution in [3.8, 4) is 11.3 Å². The highest BCUT2D eigenvalue weighted by atomic mass is 16.5. The lowest BCUT2D eigenvalue weighted by Crippen LogP contribution is -2.14. The van der Waals surface area contributed by atoms with Crippen molar-refractivity contribution in [2.75, 3.05) is 6.61 Å². The number of rotatable bonds is 5. The number of hydrogen-bond donors (Lipinski definition) is 1. The van der Waals surface area contributed by atoms with Gasteiger partial charge in [0.25, 0.3) is 0 Å². The van der Waals surface area contributed by atoms with Crippen molar-refractivity contribution >= 4 is 22.5 Å². The average Bonchev–Trinajstić information content (AvgIpc) is 3.22. The molecule has 0 amide bonds. The first-order valence-corrected chi connectivity index (χ1v) is 8.51. The predicted octanol–water partition coefficient (Wildman–Crippen LogP) is 4.27. The van der Waals surface area contributed by atoms with Gasteiger partial charge in [0.05, 0.1) is 5.69 Å². The molecule has 3 aromatic carbocycles. The van der Waals surface area contributed by atoms with Crippen molar-refractivity contribution in [3.05, 3.63) is 90.1 Å². The maximum atomic E-state index is 12.2. The van der Waals surface area contributed by atoms with Gasteiger partial charge in [-0.1, -0.05) is 66.7 Å². The number of esters is 1. The fourth-order valence-electron chi connectivity index (χ4n) is 2.84. The van der Waals surface area contributed by atoms with Gasteiger partial charge in [0.15, 0.2) is 12.4 Å². The minimum atomic E-state index is -0.612. The number of aromatic amines is 1. The lowest BCUT2D eigenvalue weighted by atomic mass is 10.1. The highest BCUT2D eigenvalue weighted by Gasteiger charge is 2.15. The summed E-state index contributed by atoms with van der Waals surface area (Å²) in [5.74, 6) is -0.864. The number of ether oxygens (including phenoxy) is 1. The minimum Gasteiger partial charge on any atom is -0.453 e. The number of hydrogen-bond acceptors (Lipinski definition) is 4. The van der Waals surface area contributed by atoms with Crippen LogP contribution >= 0.6 is 0 Å². The Labute approximate surface area is 155 Å². The molecule has 4 rings (SSSR count). The average molecular weight is 356 g/mol. The number of benzene rings is 3. The van der Waals surface area contributed by atoms with Gasteiger partial charge in [-0.25, -0.2) is 4.79 Å². The lowest BCUT2D eigenvalue weighted by Gasteiger charge is -2.02. The van der Waals surface area contributed by atoms with Crippen molar-refractivity contribution in [1.29, 1.82) is 0 Å². The molecule has 27 heavy (non-hydrogen) atoms. The van der Waals surface area contributed by atoms with Gasteiger partial charge in [0.1, 0.15) is 5.69 Å². The van der Waals surface area contributed by atoms with Crippen LogP contribution in [0.25, 0.3) is 22.0 Å². The number of H-pyrrole nitrogens is 1. The topological polar surface area (TPSA) is 72.1 Å². The molecule has 5 heteroatoms. The SMILES string of the molecule is O=C(COC(=O)c1cc(-c2ccc3ccccc3c2)n[nH]1)c1ccccc1. The minimum absolute atomic E-state index is 0.207. The van der Waals surface area contributed by atoms with Gasteiger partial charge in [-0.2, -0.15) is 5.10 Å². The van der Waals surface area contributed by atoms with Crippen LogP contribution < -0.4 is 0 Å². The van der Waals surface area contributed by atoms with E-state index in [4.69, 9.17) is 4.74 Å². The van der Waals surface area contributed by atoms with Gasteiger partial charge in [-0.05, 0) is 22.9 Å². The van der Waals surface area contributed by atoms with Crippen LogP contribution in [0.5, 0.6) is 0 Å². The number of aromatic nitrogens is 2. The van der Waals surface area contributed by atoms with Gasteiger partial charge in [0, 0.05) is 11.1 Å². The lowest BCUT2D eigenvalue weighted by molar-refractivity contribution is 0.0469. The molecule has 1 N–H and O–H groups in total. The van der Waals surface area contributed by atoms with Crippen LogP contribution in [0.3, 0.4) is 0 Å². The Bertz CT molecular complexity index is 1120. The zero-order chi connectivity index (χ0) is 18.6. The third kappa shape index (κ3) is 3.62. The Morgan fingerprint density at radius 3 is 2.41 bits per heavy atom. The second kappa shape index (κ2) is 7.25. The monoisotopic (exact) mass is 356 g/mol. The molecular weight excluding hydrogens is 340 g/mol. The molecule has 132 valence electrons. The van der Waals surface area contributed by atoms with E-state index in [0.717, 1.165) is 16.3 Å². The number of nitrogens with zero attached hydrogens (tertiary/aromatic N) is 1. The van der Waals surface area contributed by atoms with Gasteiger partial charge >= 0.3 is 5.97 Å². The molecule has 0 fully saturated rings. The molecule has 0 saturated carbocycles. The molecule has 1 heterocycles. The highest BCUT2D eigenvalue weighted by Crippen LogP contribution is 2.23. The second-order valence-corrected chi connectivity index (χ2v) is 6.09. The van der Waals surface area contributed by atoms with Crippen molar-refractivity contribution in [1.82, 2.24) is 10.2 Å². The van der Waals surface area contributed by atoms with E-state index in [2.05, 4.69) is 10.2 Å². The second-order valence-electron chi connectivity index (χ2n) is 6.09. The number of fused-ring (bicyclic) bond motifs is 1. The zero-order valence-electron chi connectivity index (χ0n) is 14.4. The van der Waals surface area contributed by atoms with Crippen molar-refractivity contribution < 1.29 is 14.3 Å². The summed E-state index contributed by atoms with van der Waals surface area (Å²) in [6.45, 7) is -0.312. The Morgan fingerprint density at radius 2 is 1.59 bits per heavy atom. The molecule has 0 aliphatic heterocycles. The van der Waals surface area contributed by atoms with Crippen LogP contribution in [0.1, 0.15) is 20.8 Å². The summed E-state index contributed by atoms with van der Waals surface area (Å²) in [6.07, 6.45) is 0. The molecule has 0 unspecified atom stereocenters. The number of ketones is 1. The first kappa shape index (κ1) is 16.7. The smallest absolute Gasteiger partial charge is 0.356 e. The first-order valence-electron chi connectivity index (χ1n) is 8.51. The number of carbonyl (C=O) groups is 2. The third-order valence-corrected chi connectivity index (χ3v) is 4.27. The quantitative estimate of drug-likeness (QED) is 0.428. The van der Waals surface area contributed by atoms with Crippen LogP contribution in [-0.2, 0) is 4.74 Å². The van der Waals surface area contributed by atoms with E-state index in [1.54, 1.807) is 30.3 Å². The summed E-state index contributed by atoms with van der Waals surface area (Å²) in [6, 6.07) is 24.3. The van der Waals surface area contributed by atoms with Crippen LogP contribution in [-0.4, -0.2) is 28.6 Å². The molecule has 0 atom stereocenters. The predicted molar refractivity (Wildman–Crippen MR) is 103 cm³/mol. The standard InChI is InChI=1S/C22H16N2O3/c25-21(16-7-2-1-3-8-16)14-27-22(26)20-13-19(23-24-20)18-11-10-15-6-4-5-9-17(15)12-18/h1-13H,14H2,(H,23,24). The van der Waals surface area contributed by atoms with Gasteiger partial charge < -0.3 is 4.74 Å². The fraction of sp³-hybridized carbons (Fsp3) is 0.0455. The van der Waals surface area contributed by atoms with Crippen LogP contribution in [0.4, 0.5) is 0 Å². The van der Waals surface area contributed by atoms with Gasteiger partial charge in [-0.15, -0.1) is 0 Å². The van der Waals surface area contributed by atoms with Gasteiger partial charge in [-0.3, -0.25) is 9.89 Å². The molecule has 4 aromatic rings. The largest absolute Gasteiger partial charge is 0.453 e. The van der Waals surface area contributed by atoms with E-state index in [-0.39, 0.29) is 18.1 Å². The summed E-state index contributed by atoms with van der Waals surface area (Å²) < 4.78 is 5.10. The maximum Gasteiger partial charge on any atom is 0.356 e. The van der Waals surface area contributed by atoms with Crippen LogP contribution in [0.2, 0.25) is 0 Å². The van der Waals surface area contributed by atoms with Gasteiger partial charge in [0.2, 0.25) is 0 Å². The Morgan fingerprint density at radius 1 is 0.852 bits per heavy atom. The van der Waals surface area contributed by atoms with Crippen molar-refractivity contribution in [2.24, 2.45) is 0 Å². The number of Topliss-reactive ketones (excluding diaryl/α,β-unsaturated/α-hetero) is 1. The van der Waals surface area contributed by atoms with E-state index in [1.165, 1.54) is 0 Å². The fourth-order valence-corrected chi connectivity index (χ4v) is 2.84.